The summed E-state index contributed by atoms with van der Waals surface area (Å²) in [6, 6.07) is 0.979. The van der Waals surface area contributed by atoms with Crippen molar-refractivity contribution in [2.45, 2.75) is 32.7 Å². The summed E-state index contributed by atoms with van der Waals surface area (Å²) in [5.74, 6) is 1.11. The van der Waals surface area contributed by atoms with Crippen LogP contribution in [-0.4, -0.2) is 22.1 Å². The monoisotopic (exact) mass is 215 g/mol. The van der Waals surface area contributed by atoms with Crippen LogP contribution in [0.2, 0.25) is 0 Å². The molecule has 0 amide bonds. The Balaban J connectivity index is 1.91. The normalized spacial score (nSPS) is 23.5. The summed E-state index contributed by atoms with van der Waals surface area (Å²) in [7, 11) is 0. The van der Waals surface area contributed by atoms with Crippen molar-refractivity contribution in [2.75, 3.05) is 11.2 Å². The number of aromatic nitrogens is 2. The molecule has 1 N–H and O–H groups in total. The van der Waals surface area contributed by atoms with Crippen molar-refractivity contribution in [1.29, 1.82) is 0 Å². The van der Waals surface area contributed by atoms with Crippen LogP contribution < -0.4 is 5.32 Å². The average Bonchev–Trinajstić information content (AvgIpc) is 2.55. The largest absolute Gasteiger partial charge is 0.408 e. The minimum Gasteiger partial charge on any atom is -0.408 e. The van der Waals surface area contributed by atoms with Gasteiger partial charge in [-0.1, -0.05) is 18.9 Å². The standard InChI is InChI=1S/C9H14ClN3O/c1-9(2)5-6(9)11-8-13-12-7(14-8)3-4-10/h6H,3-5H2,1-2H3,(H,11,13). The van der Waals surface area contributed by atoms with Crippen molar-refractivity contribution < 1.29 is 4.42 Å². The Kier molecular flexibility index (Phi) is 2.39. The average molecular weight is 216 g/mol. The van der Waals surface area contributed by atoms with E-state index in [0.717, 1.165) is 6.42 Å². The summed E-state index contributed by atoms with van der Waals surface area (Å²) in [4.78, 5) is 0. The van der Waals surface area contributed by atoms with Crippen molar-refractivity contribution in [3.05, 3.63) is 5.89 Å². The fourth-order valence-electron chi connectivity index (χ4n) is 1.36. The lowest BCUT2D eigenvalue weighted by Gasteiger charge is -2.01. The Hall–Kier alpha value is -0.770. The zero-order chi connectivity index (χ0) is 10.2. The van der Waals surface area contributed by atoms with E-state index in [1.54, 1.807) is 0 Å². The summed E-state index contributed by atoms with van der Waals surface area (Å²) in [5.41, 5.74) is 0.362. The Bertz CT molecular complexity index is 324. The van der Waals surface area contributed by atoms with Crippen LogP contribution in [0.15, 0.2) is 4.42 Å². The lowest BCUT2D eigenvalue weighted by molar-refractivity contribution is 0.507. The lowest BCUT2D eigenvalue weighted by Crippen LogP contribution is -2.08. The fraction of sp³-hybridized carbons (Fsp3) is 0.778. The van der Waals surface area contributed by atoms with E-state index in [0.29, 0.717) is 35.7 Å². The molecule has 4 nitrogen and oxygen atoms in total. The molecule has 1 fully saturated rings. The third kappa shape index (κ3) is 2.00. The molecule has 1 aromatic heterocycles. The van der Waals surface area contributed by atoms with Gasteiger partial charge in [-0.05, 0) is 11.8 Å². The first-order valence-electron chi connectivity index (χ1n) is 4.77. The van der Waals surface area contributed by atoms with E-state index < -0.39 is 0 Å². The van der Waals surface area contributed by atoms with Gasteiger partial charge in [-0.3, -0.25) is 0 Å². The molecule has 1 aromatic rings. The van der Waals surface area contributed by atoms with Gasteiger partial charge < -0.3 is 9.73 Å². The second kappa shape index (κ2) is 3.42. The number of halogens is 1. The minimum atomic E-state index is 0.362. The predicted molar refractivity (Wildman–Crippen MR) is 54.5 cm³/mol. The minimum absolute atomic E-state index is 0.362. The third-order valence-electron chi connectivity index (χ3n) is 2.59. The van der Waals surface area contributed by atoms with Crippen LogP contribution in [-0.2, 0) is 6.42 Å². The molecule has 0 aromatic carbocycles. The van der Waals surface area contributed by atoms with E-state index in [9.17, 15) is 0 Å². The molecule has 0 radical (unpaired) electrons. The molecule has 14 heavy (non-hydrogen) atoms. The van der Waals surface area contributed by atoms with Crippen molar-refractivity contribution in [2.24, 2.45) is 5.41 Å². The van der Waals surface area contributed by atoms with E-state index in [-0.39, 0.29) is 0 Å². The van der Waals surface area contributed by atoms with E-state index in [4.69, 9.17) is 16.0 Å². The number of nitrogens with zero attached hydrogens (tertiary/aromatic N) is 2. The molecule has 1 atom stereocenters. The van der Waals surface area contributed by atoms with Gasteiger partial charge in [0.1, 0.15) is 0 Å². The van der Waals surface area contributed by atoms with Crippen LogP contribution in [0, 0.1) is 5.41 Å². The van der Waals surface area contributed by atoms with E-state index in [1.165, 1.54) is 0 Å². The van der Waals surface area contributed by atoms with Gasteiger partial charge in [-0.25, -0.2) is 0 Å². The molecule has 2 rings (SSSR count). The summed E-state index contributed by atoms with van der Waals surface area (Å²) in [5, 5.41) is 11.0. The molecule has 1 saturated carbocycles. The molecule has 0 bridgehead atoms. The Morgan fingerprint density at radius 3 is 2.86 bits per heavy atom. The number of aryl methyl sites for hydroxylation is 1. The van der Waals surface area contributed by atoms with Gasteiger partial charge in [-0.15, -0.1) is 16.7 Å². The van der Waals surface area contributed by atoms with Gasteiger partial charge >= 0.3 is 6.01 Å². The zero-order valence-corrected chi connectivity index (χ0v) is 9.14. The van der Waals surface area contributed by atoms with Crippen LogP contribution in [0.4, 0.5) is 6.01 Å². The van der Waals surface area contributed by atoms with E-state index in [2.05, 4.69) is 29.4 Å². The number of hydrogen-bond acceptors (Lipinski definition) is 4. The number of rotatable bonds is 4. The van der Waals surface area contributed by atoms with Crippen molar-refractivity contribution >= 4 is 17.6 Å². The van der Waals surface area contributed by atoms with Gasteiger partial charge in [0.05, 0.1) is 0 Å². The molecular formula is C9H14ClN3O. The number of alkyl halides is 1. The third-order valence-corrected chi connectivity index (χ3v) is 2.78. The van der Waals surface area contributed by atoms with E-state index >= 15 is 0 Å². The second-order valence-electron chi connectivity index (χ2n) is 4.33. The highest BCUT2D eigenvalue weighted by Gasteiger charge is 2.46. The van der Waals surface area contributed by atoms with Gasteiger partial charge in [0, 0.05) is 18.3 Å². The first kappa shape index (κ1) is 9.77. The molecule has 78 valence electrons. The lowest BCUT2D eigenvalue weighted by atomic mass is 10.2. The molecule has 1 heterocycles. The predicted octanol–water partition coefficient (Wildman–Crippen LogP) is 2.06. The van der Waals surface area contributed by atoms with Crippen molar-refractivity contribution in [3.8, 4) is 0 Å². The van der Waals surface area contributed by atoms with Gasteiger partial charge in [-0.2, -0.15) is 0 Å². The van der Waals surface area contributed by atoms with Crippen LogP contribution in [0.25, 0.3) is 0 Å². The van der Waals surface area contributed by atoms with Crippen LogP contribution >= 0.6 is 11.6 Å². The van der Waals surface area contributed by atoms with Crippen LogP contribution in [0.3, 0.4) is 0 Å². The van der Waals surface area contributed by atoms with E-state index in [1.807, 2.05) is 0 Å². The highest BCUT2D eigenvalue weighted by atomic mass is 35.5. The molecule has 1 unspecified atom stereocenters. The smallest absolute Gasteiger partial charge is 0.315 e. The zero-order valence-electron chi connectivity index (χ0n) is 8.38. The maximum Gasteiger partial charge on any atom is 0.315 e. The Morgan fingerprint density at radius 2 is 2.29 bits per heavy atom. The Labute approximate surface area is 88.0 Å². The van der Waals surface area contributed by atoms with Gasteiger partial charge in [0.25, 0.3) is 0 Å². The second-order valence-corrected chi connectivity index (χ2v) is 4.71. The molecule has 0 saturated heterocycles. The highest BCUT2D eigenvalue weighted by Crippen LogP contribution is 2.46. The summed E-state index contributed by atoms with van der Waals surface area (Å²) in [6.45, 7) is 4.42. The van der Waals surface area contributed by atoms with Crippen molar-refractivity contribution in [3.63, 3.8) is 0 Å². The maximum atomic E-state index is 5.56. The highest BCUT2D eigenvalue weighted by molar-refractivity contribution is 6.17. The summed E-state index contributed by atoms with van der Waals surface area (Å²) >= 11 is 5.56. The fourth-order valence-corrected chi connectivity index (χ4v) is 1.52. The molecule has 0 aliphatic heterocycles. The van der Waals surface area contributed by atoms with Gasteiger partial charge in [0.15, 0.2) is 0 Å². The Morgan fingerprint density at radius 1 is 1.57 bits per heavy atom. The quantitative estimate of drug-likeness (QED) is 0.782. The van der Waals surface area contributed by atoms with Crippen LogP contribution in [0.1, 0.15) is 26.2 Å². The number of anilines is 1. The number of hydrogen-bond donors (Lipinski definition) is 1. The number of nitrogens with one attached hydrogen (secondary N) is 1. The van der Waals surface area contributed by atoms with Crippen molar-refractivity contribution in [1.82, 2.24) is 10.2 Å². The summed E-state index contributed by atoms with van der Waals surface area (Å²) in [6.07, 6.45) is 1.78. The van der Waals surface area contributed by atoms with Gasteiger partial charge in [0.2, 0.25) is 5.89 Å². The first-order valence-corrected chi connectivity index (χ1v) is 5.30. The molecule has 5 heteroatoms. The molecule has 1 aliphatic rings. The van der Waals surface area contributed by atoms with Crippen LogP contribution in [0.5, 0.6) is 0 Å². The molecule has 1 aliphatic carbocycles. The summed E-state index contributed by atoms with van der Waals surface area (Å²) < 4.78 is 5.35. The first-order chi connectivity index (χ1) is 6.62. The molecular weight excluding hydrogens is 202 g/mol. The molecule has 0 spiro atoms. The SMILES string of the molecule is CC1(C)CC1Nc1nnc(CCCl)o1. The maximum absolute atomic E-state index is 5.56. The topological polar surface area (TPSA) is 51.0 Å².